The molecule has 0 bridgehead atoms. The van der Waals surface area contributed by atoms with Crippen LogP contribution in [0.15, 0.2) is 72.1 Å². The van der Waals surface area contributed by atoms with Crippen molar-refractivity contribution in [1.29, 1.82) is 0 Å². The van der Waals surface area contributed by atoms with E-state index in [-0.39, 0.29) is 18.2 Å². The van der Waals surface area contributed by atoms with Gasteiger partial charge in [-0.1, -0.05) is 66.2 Å². The molecule has 0 fully saturated rings. The van der Waals surface area contributed by atoms with Crippen molar-refractivity contribution in [3.63, 3.8) is 0 Å². The van der Waals surface area contributed by atoms with Crippen LogP contribution in [0.25, 0.3) is 0 Å². The molecule has 0 aliphatic heterocycles. The fourth-order valence-electron chi connectivity index (χ4n) is 2.59. The molecule has 6 heteroatoms. The summed E-state index contributed by atoms with van der Waals surface area (Å²) >= 11 is 1.28. The molecule has 28 heavy (non-hydrogen) atoms. The highest BCUT2D eigenvalue weighted by atomic mass is 32.1. The maximum atomic E-state index is 13.0. The van der Waals surface area contributed by atoms with Crippen molar-refractivity contribution in [3.8, 4) is 0 Å². The number of aryl methyl sites for hydroxylation is 1. The quantitative estimate of drug-likeness (QED) is 0.487. The maximum absolute atomic E-state index is 13.0. The highest BCUT2D eigenvalue weighted by Gasteiger charge is 2.26. The third-order valence-electron chi connectivity index (χ3n) is 4.06. The minimum absolute atomic E-state index is 0.316. The second kappa shape index (κ2) is 9.10. The summed E-state index contributed by atoms with van der Waals surface area (Å²) in [6, 6.07) is 19.3. The van der Waals surface area contributed by atoms with E-state index in [9.17, 15) is 14.4 Å². The van der Waals surface area contributed by atoms with Crippen LogP contribution in [0.5, 0.6) is 0 Å². The number of esters is 1. The molecule has 0 unspecified atom stereocenters. The van der Waals surface area contributed by atoms with E-state index in [0.717, 1.165) is 5.56 Å². The summed E-state index contributed by atoms with van der Waals surface area (Å²) in [6.07, 6.45) is -1.07. The minimum Gasteiger partial charge on any atom is -0.448 e. The Morgan fingerprint density at radius 1 is 0.964 bits per heavy atom. The Bertz CT molecular complexity index is 950. The second-order valence-electron chi connectivity index (χ2n) is 6.17. The lowest BCUT2D eigenvalue weighted by Crippen LogP contribution is -2.32. The molecule has 0 spiro atoms. The Balaban J connectivity index is 1.72. The molecular weight excluding hydrogens is 374 g/mol. The van der Waals surface area contributed by atoms with Crippen molar-refractivity contribution >= 4 is 29.0 Å². The zero-order chi connectivity index (χ0) is 19.9. The molecule has 1 N–H and O–H groups in total. The average molecular weight is 393 g/mol. The fraction of sp³-hybridized carbons (Fsp3) is 0.136. The van der Waals surface area contributed by atoms with Crippen LogP contribution in [-0.2, 0) is 9.53 Å². The summed E-state index contributed by atoms with van der Waals surface area (Å²) in [5, 5.41) is 4.29. The molecule has 142 valence electrons. The van der Waals surface area contributed by atoms with E-state index < -0.39 is 12.1 Å². The SMILES string of the molecule is Cc1ccc(C(=O)[C@H](OC(=O)CNC(=O)c2cccs2)c2ccccc2)cc1. The van der Waals surface area contributed by atoms with Crippen molar-refractivity contribution < 1.29 is 19.1 Å². The van der Waals surface area contributed by atoms with Gasteiger partial charge >= 0.3 is 5.97 Å². The number of carbonyl (C=O) groups is 3. The van der Waals surface area contributed by atoms with Crippen molar-refractivity contribution in [1.82, 2.24) is 5.32 Å². The van der Waals surface area contributed by atoms with Crippen LogP contribution >= 0.6 is 11.3 Å². The van der Waals surface area contributed by atoms with Gasteiger partial charge in [0.25, 0.3) is 5.91 Å². The van der Waals surface area contributed by atoms with Gasteiger partial charge in [0.2, 0.25) is 5.78 Å². The van der Waals surface area contributed by atoms with Gasteiger partial charge in [0.15, 0.2) is 6.10 Å². The molecule has 0 aliphatic rings. The molecule has 0 saturated heterocycles. The summed E-state index contributed by atoms with van der Waals surface area (Å²) in [5.74, 6) is -1.35. The molecule has 5 nitrogen and oxygen atoms in total. The maximum Gasteiger partial charge on any atom is 0.326 e. The van der Waals surface area contributed by atoms with Gasteiger partial charge in [-0.15, -0.1) is 11.3 Å². The predicted octanol–water partition coefficient (Wildman–Crippen LogP) is 3.95. The van der Waals surface area contributed by atoms with Gasteiger partial charge < -0.3 is 10.1 Å². The van der Waals surface area contributed by atoms with Crippen LogP contribution in [0.3, 0.4) is 0 Å². The number of rotatable bonds is 7. The summed E-state index contributed by atoms with van der Waals surface area (Å²) in [6.45, 7) is 1.61. The molecule has 2 aromatic carbocycles. The van der Waals surface area contributed by atoms with Crippen LogP contribution in [0.1, 0.15) is 37.3 Å². The van der Waals surface area contributed by atoms with Crippen molar-refractivity contribution in [2.75, 3.05) is 6.54 Å². The van der Waals surface area contributed by atoms with Gasteiger partial charge in [0.1, 0.15) is 6.54 Å². The van der Waals surface area contributed by atoms with E-state index in [2.05, 4.69) is 5.32 Å². The number of nitrogens with one attached hydrogen (secondary N) is 1. The van der Waals surface area contributed by atoms with Crippen molar-refractivity contribution in [2.45, 2.75) is 13.0 Å². The Hall–Kier alpha value is -3.25. The number of ketones is 1. The average Bonchev–Trinajstić information content (AvgIpc) is 3.26. The molecule has 1 atom stereocenters. The lowest BCUT2D eigenvalue weighted by molar-refractivity contribution is -0.146. The number of Topliss-reactive ketones (excluding diaryl/α,β-unsaturated/α-hetero) is 1. The van der Waals surface area contributed by atoms with E-state index in [1.165, 1.54) is 11.3 Å². The molecule has 0 radical (unpaired) electrons. The zero-order valence-electron chi connectivity index (χ0n) is 15.3. The first kappa shape index (κ1) is 19.5. The third-order valence-corrected chi connectivity index (χ3v) is 4.93. The Kier molecular flexibility index (Phi) is 6.34. The molecule has 3 aromatic rings. The standard InChI is InChI=1S/C22H19NO4S/c1-15-9-11-16(12-10-15)20(25)21(17-6-3-2-4-7-17)27-19(24)14-23-22(26)18-8-5-13-28-18/h2-13,21H,14H2,1H3,(H,23,26)/t21-/m1/s1. The first-order valence-corrected chi connectivity index (χ1v) is 9.59. The van der Waals surface area contributed by atoms with Gasteiger partial charge in [-0.25, -0.2) is 0 Å². The van der Waals surface area contributed by atoms with Gasteiger partial charge in [-0.05, 0) is 18.4 Å². The zero-order valence-corrected chi connectivity index (χ0v) is 16.1. The first-order chi connectivity index (χ1) is 13.5. The highest BCUT2D eigenvalue weighted by Crippen LogP contribution is 2.23. The van der Waals surface area contributed by atoms with E-state index in [0.29, 0.717) is 16.0 Å². The lowest BCUT2D eigenvalue weighted by atomic mass is 9.99. The Morgan fingerprint density at radius 3 is 2.32 bits per heavy atom. The molecule has 0 aliphatic carbocycles. The van der Waals surface area contributed by atoms with Crippen LogP contribution in [0.2, 0.25) is 0 Å². The number of benzene rings is 2. The smallest absolute Gasteiger partial charge is 0.326 e. The molecule has 1 aromatic heterocycles. The van der Waals surface area contributed by atoms with Gasteiger partial charge in [-0.3, -0.25) is 14.4 Å². The number of ether oxygens (including phenoxy) is 1. The van der Waals surface area contributed by atoms with Crippen LogP contribution in [-0.4, -0.2) is 24.2 Å². The summed E-state index contributed by atoms with van der Waals surface area (Å²) in [7, 11) is 0. The van der Waals surface area contributed by atoms with Crippen LogP contribution in [0, 0.1) is 6.92 Å². The summed E-state index contributed by atoms with van der Waals surface area (Å²) < 4.78 is 5.45. The normalized spacial score (nSPS) is 11.5. The van der Waals surface area contributed by atoms with Gasteiger partial charge in [-0.2, -0.15) is 0 Å². The molecule has 1 heterocycles. The van der Waals surface area contributed by atoms with Gasteiger partial charge in [0.05, 0.1) is 4.88 Å². The molecular formula is C22H19NO4S. The topological polar surface area (TPSA) is 72.5 Å². The predicted molar refractivity (Wildman–Crippen MR) is 107 cm³/mol. The number of amides is 1. The van der Waals surface area contributed by atoms with Crippen molar-refractivity contribution in [3.05, 3.63) is 93.7 Å². The number of carbonyl (C=O) groups excluding carboxylic acids is 3. The largest absolute Gasteiger partial charge is 0.448 e. The summed E-state index contributed by atoms with van der Waals surface area (Å²) in [4.78, 5) is 37.7. The van der Waals surface area contributed by atoms with Gasteiger partial charge in [0, 0.05) is 11.1 Å². The highest BCUT2D eigenvalue weighted by molar-refractivity contribution is 7.12. The molecule has 1 amide bonds. The van der Waals surface area contributed by atoms with Crippen molar-refractivity contribution in [2.24, 2.45) is 0 Å². The van der Waals surface area contributed by atoms with E-state index >= 15 is 0 Å². The lowest BCUT2D eigenvalue weighted by Gasteiger charge is -2.18. The minimum atomic E-state index is -1.07. The van der Waals surface area contributed by atoms with Crippen LogP contribution in [0.4, 0.5) is 0 Å². The van der Waals surface area contributed by atoms with E-state index in [1.54, 1.807) is 53.9 Å². The van der Waals surface area contributed by atoms with Crippen LogP contribution < -0.4 is 5.32 Å². The third kappa shape index (κ3) is 4.92. The fourth-order valence-corrected chi connectivity index (χ4v) is 3.23. The Labute approximate surface area is 167 Å². The molecule has 3 rings (SSSR count). The summed E-state index contributed by atoms with van der Waals surface area (Å²) in [5.41, 5.74) is 2.06. The number of thiophene rings is 1. The first-order valence-electron chi connectivity index (χ1n) is 8.71. The van der Waals surface area contributed by atoms with E-state index in [1.807, 2.05) is 25.1 Å². The molecule has 0 saturated carbocycles. The monoisotopic (exact) mass is 393 g/mol. The Morgan fingerprint density at radius 2 is 1.68 bits per heavy atom. The number of hydrogen-bond donors (Lipinski definition) is 1. The number of hydrogen-bond acceptors (Lipinski definition) is 5. The second-order valence-corrected chi connectivity index (χ2v) is 7.12. The van der Waals surface area contributed by atoms with E-state index in [4.69, 9.17) is 4.74 Å².